The number of fused-ring (bicyclic) bond motifs is 1. The van der Waals surface area contributed by atoms with Crippen molar-refractivity contribution in [3.63, 3.8) is 0 Å². The van der Waals surface area contributed by atoms with Crippen molar-refractivity contribution in [3.05, 3.63) is 46.6 Å². The van der Waals surface area contributed by atoms with Crippen molar-refractivity contribution in [2.24, 2.45) is 0 Å². The number of piperidine rings is 1. The van der Waals surface area contributed by atoms with Gasteiger partial charge in [-0.3, -0.25) is 4.79 Å². The number of carbonyl (C=O) groups excluding carboxylic acids is 1. The average molecular weight is 406 g/mol. The standard InChI is InChI=1S/C24H31N5O/c1-18-9-3-4-10-19(18)23(30)29-16-11-21-20(17-29)22(27-12-5-2-6-13-27)26-24(25-21)28-14-7-8-15-28/h3-4,9-10H,2,5-8,11-17H2,1H3. The van der Waals surface area contributed by atoms with Crippen LogP contribution in [0.1, 0.15) is 59.3 Å². The van der Waals surface area contributed by atoms with Gasteiger partial charge in [-0.2, -0.15) is 4.98 Å². The molecule has 6 heteroatoms. The van der Waals surface area contributed by atoms with E-state index in [2.05, 4.69) is 9.80 Å². The molecule has 1 aromatic carbocycles. The highest BCUT2D eigenvalue weighted by Crippen LogP contribution is 2.32. The molecule has 0 unspecified atom stereocenters. The molecule has 0 saturated carbocycles. The second-order valence-corrected chi connectivity index (χ2v) is 8.81. The first-order valence-electron chi connectivity index (χ1n) is 11.5. The van der Waals surface area contributed by atoms with Gasteiger partial charge in [0.25, 0.3) is 5.91 Å². The summed E-state index contributed by atoms with van der Waals surface area (Å²) < 4.78 is 0. The number of rotatable bonds is 3. The molecular weight excluding hydrogens is 374 g/mol. The summed E-state index contributed by atoms with van der Waals surface area (Å²) in [7, 11) is 0. The highest BCUT2D eigenvalue weighted by Gasteiger charge is 2.30. The molecule has 0 bridgehead atoms. The van der Waals surface area contributed by atoms with Crippen LogP contribution < -0.4 is 9.80 Å². The summed E-state index contributed by atoms with van der Waals surface area (Å²) in [5.41, 5.74) is 4.13. The Morgan fingerprint density at radius 3 is 2.33 bits per heavy atom. The second kappa shape index (κ2) is 8.25. The third-order valence-corrected chi connectivity index (χ3v) is 6.73. The van der Waals surface area contributed by atoms with Gasteiger partial charge in [-0.1, -0.05) is 18.2 Å². The lowest BCUT2D eigenvalue weighted by Crippen LogP contribution is -2.40. The molecule has 2 saturated heterocycles. The average Bonchev–Trinajstić information content (AvgIpc) is 3.33. The van der Waals surface area contributed by atoms with Crippen LogP contribution in [0.15, 0.2) is 24.3 Å². The monoisotopic (exact) mass is 405 g/mol. The number of carbonyl (C=O) groups is 1. The lowest BCUT2D eigenvalue weighted by Gasteiger charge is -2.35. The first-order valence-corrected chi connectivity index (χ1v) is 11.5. The van der Waals surface area contributed by atoms with Crippen LogP contribution in [0.5, 0.6) is 0 Å². The minimum absolute atomic E-state index is 0.118. The largest absolute Gasteiger partial charge is 0.356 e. The van der Waals surface area contributed by atoms with Gasteiger partial charge in [-0.25, -0.2) is 4.98 Å². The number of hydrogen-bond donors (Lipinski definition) is 0. The Morgan fingerprint density at radius 2 is 1.57 bits per heavy atom. The van der Waals surface area contributed by atoms with Gasteiger partial charge in [0.15, 0.2) is 0 Å². The Kier molecular flexibility index (Phi) is 5.32. The molecule has 0 spiro atoms. The lowest BCUT2D eigenvalue weighted by molar-refractivity contribution is 0.0733. The van der Waals surface area contributed by atoms with Crippen LogP contribution in [0.3, 0.4) is 0 Å². The molecule has 5 rings (SSSR count). The van der Waals surface area contributed by atoms with E-state index in [1.54, 1.807) is 0 Å². The lowest BCUT2D eigenvalue weighted by atomic mass is 10.0. The van der Waals surface area contributed by atoms with E-state index in [0.717, 1.165) is 73.3 Å². The fourth-order valence-corrected chi connectivity index (χ4v) is 4.97. The Labute approximate surface area is 178 Å². The summed E-state index contributed by atoms with van der Waals surface area (Å²) in [4.78, 5) is 30.1. The third-order valence-electron chi connectivity index (χ3n) is 6.73. The topological polar surface area (TPSA) is 52.6 Å². The molecule has 158 valence electrons. The van der Waals surface area contributed by atoms with Crippen molar-refractivity contribution in [2.75, 3.05) is 42.5 Å². The van der Waals surface area contributed by atoms with E-state index < -0.39 is 0 Å². The zero-order chi connectivity index (χ0) is 20.5. The van der Waals surface area contributed by atoms with Gasteiger partial charge >= 0.3 is 0 Å². The number of anilines is 2. The van der Waals surface area contributed by atoms with E-state index >= 15 is 0 Å². The van der Waals surface area contributed by atoms with E-state index in [-0.39, 0.29) is 5.91 Å². The van der Waals surface area contributed by atoms with Crippen molar-refractivity contribution in [1.29, 1.82) is 0 Å². The minimum Gasteiger partial charge on any atom is -0.356 e. The van der Waals surface area contributed by atoms with Gasteiger partial charge < -0.3 is 14.7 Å². The summed E-state index contributed by atoms with van der Waals surface area (Å²) in [6.45, 7) is 7.54. The van der Waals surface area contributed by atoms with Gasteiger partial charge in [0.2, 0.25) is 5.95 Å². The minimum atomic E-state index is 0.118. The summed E-state index contributed by atoms with van der Waals surface area (Å²) >= 11 is 0. The van der Waals surface area contributed by atoms with Crippen LogP contribution in [-0.2, 0) is 13.0 Å². The molecule has 1 aromatic heterocycles. The van der Waals surface area contributed by atoms with Crippen LogP contribution in [0, 0.1) is 6.92 Å². The van der Waals surface area contributed by atoms with Crippen molar-refractivity contribution >= 4 is 17.7 Å². The summed E-state index contributed by atoms with van der Waals surface area (Å²) in [6.07, 6.45) is 6.96. The van der Waals surface area contributed by atoms with E-state index in [1.807, 2.05) is 36.1 Å². The Hall–Kier alpha value is -2.63. The molecular formula is C24H31N5O. The van der Waals surface area contributed by atoms with Gasteiger partial charge in [-0.15, -0.1) is 0 Å². The first kappa shape index (κ1) is 19.3. The van der Waals surface area contributed by atoms with E-state index in [9.17, 15) is 4.79 Å². The molecule has 4 heterocycles. The predicted octanol–water partition coefficient (Wildman–Crippen LogP) is 3.57. The Balaban J connectivity index is 1.49. The maximum Gasteiger partial charge on any atom is 0.254 e. The molecule has 0 aliphatic carbocycles. The number of aromatic nitrogens is 2. The van der Waals surface area contributed by atoms with Crippen LogP contribution in [0.2, 0.25) is 0 Å². The van der Waals surface area contributed by atoms with Gasteiger partial charge in [0.1, 0.15) is 5.82 Å². The number of hydrogen-bond acceptors (Lipinski definition) is 5. The molecule has 2 aromatic rings. The summed E-state index contributed by atoms with van der Waals surface area (Å²) in [6, 6.07) is 7.88. The summed E-state index contributed by atoms with van der Waals surface area (Å²) in [5.74, 6) is 2.08. The number of benzene rings is 1. The van der Waals surface area contributed by atoms with E-state index in [0.29, 0.717) is 6.54 Å². The third kappa shape index (κ3) is 3.64. The molecule has 3 aliphatic rings. The molecule has 6 nitrogen and oxygen atoms in total. The van der Waals surface area contributed by atoms with Crippen molar-refractivity contribution in [1.82, 2.24) is 14.9 Å². The molecule has 3 aliphatic heterocycles. The normalized spacial score (nSPS) is 19.2. The van der Waals surface area contributed by atoms with Crippen LogP contribution in [0.25, 0.3) is 0 Å². The SMILES string of the molecule is Cc1ccccc1C(=O)N1CCc2nc(N3CCCC3)nc(N3CCCCC3)c2C1. The van der Waals surface area contributed by atoms with Crippen LogP contribution in [0.4, 0.5) is 11.8 Å². The van der Waals surface area contributed by atoms with Crippen molar-refractivity contribution in [2.45, 2.75) is 52.0 Å². The van der Waals surface area contributed by atoms with Crippen molar-refractivity contribution < 1.29 is 4.79 Å². The number of aryl methyl sites for hydroxylation is 1. The van der Waals surface area contributed by atoms with Crippen LogP contribution in [-0.4, -0.2) is 53.5 Å². The van der Waals surface area contributed by atoms with E-state index in [1.165, 1.54) is 32.1 Å². The van der Waals surface area contributed by atoms with Gasteiger partial charge in [-0.05, 0) is 50.7 Å². The first-order chi connectivity index (χ1) is 14.7. The maximum absolute atomic E-state index is 13.3. The molecule has 0 atom stereocenters. The summed E-state index contributed by atoms with van der Waals surface area (Å²) in [5, 5.41) is 0. The maximum atomic E-state index is 13.3. The second-order valence-electron chi connectivity index (χ2n) is 8.81. The number of nitrogens with zero attached hydrogens (tertiary/aromatic N) is 5. The van der Waals surface area contributed by atoms with Gasteiger partial charge in [0.05, 0.1) is 12.2 Å². The molecule has 0 N–H and O–H groups in total. The quantitative estimate of drug-likeness (QED) is 0.781. The zero-order valence-corrected chi connectivity index (χ0v) is 17.9. The fraction of sp³-hybridized carbons (Fsp3) is 0.542. The van der Waals surface area contributed by atoms with E-state index in [4.69, 9.17) is 9.97 Å². The predicted molar refractivity (Wildman–Crippen MR) is 119 cm³/mol. The van der Waals surface area contributed by atoms with Gasteiger partial charge in [0, 0.05) is 50.3 Å². The Morgan fingerprint density at radius 1 is 0.867 bits per heavy atom. The fourth-order valence-electron chi connectivity index (χ4n) is 4.97. The smallest absolute Gasteiger partial charge is 0.254 e. The zero-order valence-electron chi connectivity index (χ0n) is 17.9. The number of amides is 1. The molecule has 1 amide bonds. The highest BCUT2D eigenvalue weighted by atomic mass is 16.2. The molecule has 2 fully saturated rings. The Bertz CT molecular complexity index is 931. The highest BCUT2D eigenvalue weighted by molar-refractivity contribution is 5.95. The van der Waals surface area contributed by atoms with Crippen LogP contribution >= 0.6 is 0 Å². The molecule has 0 radical (unpaired) electrons. The molecule has 30 heavy (non-hydrogen) atoms. The van der Waals surface area contributed by atoms with Crippen molar-refractivity contribution in [3.8, 4) is 0 Å².